The van der Waals surface area contributed by atoms with Crippen molar-refractivity contribution in [2.45, 2.75) is 18.5 Å². The summed E-state index contributed by atoms with van der Waals surface area (Å²) in [6, 6.07) is 13.8. The second-order valence-electron chi connectivity index (χ2n) is 7.69. The van der Waals surface area contributed by atoms with Crippen LogP contribution in [0.3, 0.4) is 0 Å². The van der Waals surface area contributed by atoms with Crippen LogP contribution < -0.4 is 15.4 Å². The first-order valence-electron chi connectivity index (χ1n) is 10.5. The third-order valence-corrected chi connectivity index (χ3v) is 6.46. The number of ether oxygens (including phenoxy) is 2. The quantitative estimate of drug-likeness (QED) is 0.502. The number of carboxylic acid groups (broad SMARTS) is 1. The molecule has 176 valence electrons. The fourth-order valence-electron chi connectivity index (χ4n) is 3.57. The number of thioether (sulfide) groups is 1. The van der Waals surface area contributed by atoms with Crippen molar-refractivity contribution < 1.29 is 29.0 Å². The summed E-state index contributed by atoms with van der Waals surface area (Å²) in [5.41, 5.74) is 2.69. The molecule has 34 heavy (non-hydrogen) atoms. The number of benzene rings is 2. The van der Waals surface area contributed by atoms with Gasteiger partial charge in [0.15, 0.2) is 5.84 Å². The SMILES string of the molecule is COc1cccc(CNC(=O)C2=NC3SC=C(COCc4ccc(C(=O)O)cc4)C3C(=O)N2)c1. The topological polar surface area (TPSA) is 126 Å². The number of aliphatic imine (C=N–C) groups is 1. The third kappa shape index (κ3) is 5.46. The highest BCUT2D eigenvalue weighted by atomic mass is 32.2. The van der Waals surface area contributed by atoms with Gasteiger partial charge in [0, 0.05) is 6.54 Å². The average Bonchev–Trinajstić information content (AvgIpc) is 3.26. The molecular formula is C24H23N3O6S. The number of fused-ring (bicyclic) bond motifs is 1. The van der Waals surface area contributed by atoms with Gasteiger partial charge in [0.1, 0.15) is 11.1 Å². The number of carboxylic acids is 1. The average molecular weight is 482 g/mol. The number of methoxy groups -OCH3 is 1. The molecule has 2 heterocycles. The van der Waals surface area contributed by atoms with E-state index in [1.807, 2.05) is 29.7 Å². The fraction of sp³-hybridized carbons (Fsp3) is 0.250. The van der Waals surface area contributed by atoms with E-state index >= 15 is 0 Å². The van der Waals surface area contributed by atoms with Gasteiger partial charge in [-0.2, -0.15) is 0 Å². The Balaban J connectivity index is 1.30. The zero-order valence-electron chi connectivity index (χ0n) is 18.3. The van der Waals surface area contributed by atoms with Gasteiger partial charge in [-0.25, -0.2) is 9.79 Å². The lowest BCUT2D eigenvalue weighted by atomic mass is 9.98. The molecule has 0 bridgehead atoms. The molecule has 2 amide bonds. The summed E-state index contributed by atoms with van der Waals surface area (Å²) in [6.45, 7) is 0.786. The number of amidine groups is 1. The van der Waals surface area contributed by atoms with Crippen LogP contribution in [0.25, 0.3) is 0 Å². The Bertz CT molecular complexity index is 1160. The highest BCUT2D eigenvalue weighted by molar-refractivity contribution is 8.03. The van der Waals surface area contributed by atoms with E-state index in [1.54, 1.807) is 19.2 Å². The van der Waals surface area contributed by atoms with E-state index in [1.165, 1.54) is 23.9 Å². The summed E-state index contributed by atoms with van der Waals surface area (Å²) in [5.74, 6) is -1.55. The van der Waals surface area contributed by atoms with Crippen LogP contribution in [0.5, 0.6) is 5.75 Å². The predicted octanol–water partition coefficient (Wildman–Crippen LogP) is 2.33. The van der Waals surface area contributed by atoms with E-state index in [0.717, 1.165) is 16.7 Å². The molecule has 2 aromatic carbocycles. The van der Waals surface area contributed by atoms with E-state index in [2.05, 4.69) is 15.6 Å². The molecule has 2 unspecified atom stereocenters. The van der Waals surface area contributed by atoms with Crippen LogP contribution >= 0.6 is 11.8 Å². The molecule has 10 heteroatoms. The second-order valence-corrected chi connectivity index (χ2v) is 8.68. The van der Waals surface area contributed by atoms with Crippen LogP contribution in [0.15, 0.2) is 64.5 Å². The van der Waals surface area contributed by atoms with Crippen molar-refractivity contribution >= 4 is 35.4 Å². The fourth-order valence-corrected chi connectivity index (χ4v) is 4.72. The Morgan fingerprint density at radius 1 is 1.15 bits per heavy atom. The number of hydrogen-bond acceptors (Lipinski definition) is 7. The van der Waals surface area contributed by atoms with Gasteiger partial charge < -0.3 is 25.2 Å². The number of carbonyl (C=O) groups excluding carboxylic acids is 2. The number of aromatic carboxylic acids is 1. The molecule has 2 aliphatic heterocycles. The van der Waals surface area contributed by atoms with Gasteiger partial charge in [-0.1, -0.05) is 24.3 Å². The number of rotatable bonds is 9. The number of carbonyl (C=O) groups is 3. The van der Waals surface area contributed by atoms with Crippen LogP contribution in [-0.4, -0.2) is 47.8 Å². The lowest BCUT2D eigenvalue weighted by molar-refractivity contribution is -0.124. The zero-order chi connectivity index (χ0) is 24.1. The van der Waals surface area contributed by atoms with Crippen molar-refractivity contribution in [2.75, 3.05) is 13.7 Å². The van der Waals surface area contributed by atoms with Crippen molar-refractivity contribution in [3.8, 4) is 5.75 Å². The Kier molecular flexibility index (Phi) is 7.29. The largest absolute Gasteiger partial charge is 0.497 e. The molecule has 4 rings (SSSR count). The summed E-state index contributed by atoms with van der Waals surface area (Å²) in [6.07, 6.45) is 0. The van der Waals surface area contributed by atoms with Gasteiger partial charge in [0.25, 0.3) is 5.91 Å². The Labute approximate surface area is 200 Å². The minimum Gasteiger partial charge on any atom is -0.497 e. The summed E-state index contributed by atoms with van der Waals surface area (Å²) < 4.78 is 10.9. The molecule has 0 saturated heterocycles. The van der Waals surface area contributed by atoms with Crippen molar-refractivity contribution in [2.24, 2.45) is 10.9 Å². The number of amides is 2. The zero-order valence-corrected chi connectivity index (χ0v) is 19.1. The van der Waals surface area contributed by atoms with E-state index in [9.17, 15) is 14.4 Å². The molecule has 3 N–H and O–H groups in total. The smallest absolute Gasteiger partial charge is 0.335 e. The molecule has 0 aromatic heterocycles. The first kappa shape index (κ1) is 23.5. The molecule has 0 aliphatic carbocycles. The molecule has 9 nitrogen and oxygen atoms in total. The molecule has 2 atom stereocenters. The maximum Gasteiger partial charge on any atom is 0.335 e. The van der Waals surface area contributed by atoms with Gasteiger partial charge in [-0.05, 0) is 46.4 Å². The molecule has 2 aliphatic rings. The highest BCUT2D eigenvalue weighted by Crippen LogP contribution is 2.38. The van der Waals surface area contributed by atoms with Crippen LogP contribution in [0, 0.1) is 5.92 Å². The van der Waals surface area contributed by atoms with Crippen LogP contribution in [0.4, 0.5) is 0 Å². The second kappa shape index (κ2) is 10.5. The molecule has 0 fully saturated rings. The number of hydrogen-bond donors (Lipinski definition) is 3. The molecule has 0 radical (unpaired) electrons. The standard InChI is InChI=1S/C24H23N3O6S/c1-32-18-4-2-3-15(9-18)10-25-22(29)20-26-21(28)19-17(13-34-23(19)27-20)12-33-11-14-5-7-16(8-6-14)24(30)31/h2-9,13,19,23H,10-12H2,1H3,(H,25,29)(H,30,31)(H,26,27,28). The maximum absolute atomic E-state index is 12.7. The van der Waals surface area contributed by atoms with E-state index < -0.39 is 23.2 Å². The first-order chi connectivity index (χ1) is 16.4. The highest BCUT2D eigenvalue weighted by Gasteiger charge is 2.41. The van der Waals surface area contributed by atoms with Crippen LogP contribution in [-0.2, 0) is 27.5 Å². The lowest BCUT2D eigenvalue weighted by Gasteiger charge is -2.25. The maximum atomic E-state index is 12.7. The summed E-state index contributed by atoms with van der Waals surface area (Å²) >= 11 is 1.38. The predicted molar refractivity (Wildman–Crippen MR) is 126 cm³/mol. The first-order valence-corrected chi connectivity index (χ1v) is 11.4. The van der Waals surface area contributed by atoms with E-state index in [-0.39, 0.29) is 37.1 Å². The Hall–Kier alpha value is -3.63. The van der Waals surface area contributed by atoms with Crippen molar-refractivity contribution in [1.82, 2.24) is 10.6 Å². The van der Waals surface area contributed by atoms with Crippen molar-refractivity contribution in [3.63, 3.8) is 0 Å². The molecule has 0 spiro atoms. The monoisotopic (exact) mass is 481 g/mol. The minimum absolute atomic E-state index is 0.00395. The summed E-state index contributed by atoms with van der Waals surface area (Å²) in [5, 5.41) is 15.8. The molecule has 0 saturated carbocycles. The van der Waals surface area contributed by atoms with Gasteiger partial charge in [0.2, 0.25) is 5.91 Å². The van der Waals surface area contributed by atoms with Crippen LogP contribution in [0.1, 0.15) is 21.5 Å². The minimum atomic E-state index is -0.983. The van der Waals surface area contributed by atoms with Gasteiger partial charge in [-0.15, -0.1) is 11.8 Å². The van der Waals surface area contributed by atoms with Gasteiger partial charge in [-0.3, -0.25) is 9.59 Å². The molecule has 2 aromatic rings. The van der Waals surface area contributed by atoms with Crippen molar-refractivity contribution in [1.29, 1.82) is 0 Å². The Morgan fingerprint density at radius 2 is 1.94 bits per heavy atom. The lowest BCUT2D eigenvalue weighted by Crippen LogP contribution is -2.50. The third-order valence-electron chi connectivity index (χ3n) is 5.36. The normalized spacial score (nSPS) is 18.9. The summed E-state index contributed by atoms with van der Waals surface area (Å²) in [7, 11) is 1.57. The van der Waals surface area contributed by atoms with E-state index in [0.29, 0.717) is 5.75 Å². The Morgan fingerprint density at radius 3 is 2.68 bits per heavy atom. The van der Waals surface area contributed by atoms with Gasteiger partial charge >= 0.3 is 5.97 Å². The number of nitrogens with one attached hydrogen (secondary N) is 2. The number of nitrogens with zero attached hydrogens (tertiary/aromatic N) is 1. The summed E-state index contributed by atoms with van der Waals surface area (Å²) in [4.78, 5) is 40.7. The van der Waals surface area contributed by atoms with E-state index in [4.69, 9.17) is 14.6 Å². The molecular weight excluding hydrogens is 458 g/mol. The van der Waals surface area contributed by atoms with Gasteiger partial charge in [0.05, 0.1) is 31.8 Å². The van der Waals surface area contributed by atoms with Crippen LogP contribution in [0.2, 0.25) is 0 Å². The van der Waals surface area contributed by atoms with Crippen molar-refractivity contribution in [3.05, 3.63) is 76.2 Å².